The van der Waals surface area contributed by atoms with Crippen LogP contribution in [0.4, 0.5) is 13.2 Å². The molecule has 0 saturated carbocycles. The second kappa shape index (κ2) is 7.53. The highest BCUT2D eigenvalue weighted by molar-refractivity contribution is 5.90. The maximum atomic E-state index is 11.9. The Hall–Kier alpha value is -2.04. The molecule has 0 heterocycles. The number of carbonyl (C=O) groups is 1. The van der Waals surface area contributed by atoms with Crippen LogP contribution in [0.3, 0.4) is 0 Å². The van der Waals surface area contributed by atoms with Gasteiger partial charge in [-0.25, -0.2) is 4.79 Å². The van der Waals surface area contributed by atoms with Crippen LogP contribution in [0, 0.1) is 0 Å². The topological polar surface area (TPSA) is 26.3 Å². The largest absolute Gasteiger partial charge is 0.462 e. The van der Waals surface area contributed by atoms with Crippen LogP contribution in [0.15, 0.2) is 42.5 Å². The number of benzene rings is 1. The van der Waals surface area contributed by atoms with Crippen LogP contribution >= 0.6 is 0 Å². The zero-order chi connectivity index (χ0) is 15.0. The summed E-state index contributed by atoms with van der Waals surface area (Å²) in [4.78, 5) is 11.5. The van der Waals surface area contributed by atoms with Gasteiger partial charge in [0.05, 0.1) is 18.6 Å². The van der Waals surface area contributed by atoms with Crippen LogP contribution in [-0.4, -0.2) is 18.8 Å². The number of hydrogen-bond acceptors (Lipinski definition) is 2. The minimum atomic E-state index is -4.19. The Morgan fingerprint density at radius 1 is 1.30 bits per heavy atom. The van der Waals surface area contributed by atoms with E-state index in [0.29, 0.717) is 17.7 Å². The molecule has 5 heteroatoms. The van der Waals surface area contributed by atoms with Crippen molar-refractivity contribution >= 4 is 12.0 Å². The molecule has 20 heavy (non-hydrogen) atoms. The number of carbonyl (C=O) groups excluding carboxylic acids is 1. The zero-order valence-corrected chi connectivity index (χ0v) is 11.0. The molecule has 0 saturated heterocycles. The number of esters is 1. The smallest absolute Gasteiger partial charge is 0.392 e. The molecule has 1 rings (SSSR count). The van der Waals surface area contributed by atoms with Gasteiger partial charge in [0.1, 0.15) is 0 Å². The maximum absolute atomic E-state index is 11.9. The fourth-order valence-corrected chi connectivity index (χ4v) is 1.43. The van der Waals surface area contributed by atoms with E-state index in [2.05, 4.69) is 0 Å². The summed E-state index contributed by atoms with van der Waals surface area (Å²) < 4.78 is 40.5. The van der Waals surface area contributed by atoms with Gasteiger partial charge in [0.15, 0.2) is 0 Å². The van der Waals surface area contributed by atoms with E-state index in [0.717, 1.165) is 6.08 Å². The average Bonchev–Trinajstić information content (AvgIpc) is 2.37. The minimum absolute atomic E-state index is 0.291. The van der Waals surface area contributed by atoms with Gasteiger partial charge in [-0.15, -0.1) is 0 Å². The quantitative estimate of drug-likeness (QED) is 0.592. The predicted molar refractivity (Wildman–Crippen MR) is 71.2 cm³/mol. The molecule has 1 aromatic rings. The van der Waals surface area contributed by atoms with E-state index in [1.165, 1.54) is 12.2 Å². The van der Waals surface area contributed by atoms with Gasteiger partial charge in [-0.2, -0.15) is 13.2 Å². The molecule has 0 spiro atoms. The van der Waals surface area contributed by atoms with Crippen molar-refractivity contribution in [1.29, 1.82) is 0 Å². The van der Waals surface area contributed by atoms with Crippen LogP contribution in [0.1, 0.15) is 29.3 Å². The summed E-state index contributed by atoms with van der Waals surface area (Å²) in [7, 11) is 0. The molecule has 2 nitrogen and oxygen atoms in total. The van der Waals surface area contributed by atoms with E-state index in [-0.39, 0.29) is 0 Å². The first kappa shape index (κ1) is 16.0. The van der Waals surface area contributed by atoms with Crippen molar-refractivity contribution in [2.45, 2.75) is 19.5 Å². The number of hydrogen-bond donors (Lipinski definition) is 0. The Labute approximate surface area is 115 Å². The fraction of sp³-hybridized carbons (Fsp3) is 0.267. The van der Waals surface area contributed by atoms with E-state index in [1.807, 2.05) is 0 Å². The average molecular weight is 284 g/mol. The summed E-state index contributed by atoms with van der Waals surface area (Å²) in [6.07, 6.45) is 0.330. The lowest BCUT2D eigenvalue weighted by atomic mass is 10.1. The highest BCUT2D eigenvalue weighted by atomic mass is 19.4. The summed E-state index contributed by atoms with van der Waals surface area (Å²) in [5, 5.41) is 0. The Morgan fingerprint density at radius 3 is 2.70 bits per heavy atom. The number of allylic oxidation sites excluding steroid dienone is 3. The maximum Gasteiger partial charge on any atom is 0.392 e. The molecule has 0 bridgehead atoms. The number of halogens is 3. The Balaban J connectivity index is 2.64. The van der Waals surface area contributed by atoms with E-state index in [1.54, 1.807) is 37.3 Å². The molecule has 0 aliphatic carbocycles. The Bertz CT molecular complexity index is 502. The molecule has 0 aliphatic rings. The van der Waals surface area contributed by atoms with Gasteiger partial charge in [0, 0.05) is 0 Å². The van der Waals surface area contributed by atoms with Gasteiger partial charge < -0.3 is 4.74 Å². The molecule has 0 fully saturated rings. The van der Waals surface area contributed by atoms with Crippen molar-refractivity contribution in [3.63, 3.8) is 0 Å². The van der Waals surface area contributed by atoms with E-state index in [9.17, 15) is 18.0 Å². The summed E-state index contributed by atoms with van der Waals surface area (Å²) in [6, 6.07) is 6.67. The van der Waals surface area contributed by atoms with Crippen molar-refractivity contribution in [3.8, 4) is 0 Å². The second-order valence-corrected chi connectivity index (χ2v) is 3.95. The van der Waals surface area contributed by atoms with Crippen molar-refractivity contribution in [2.24, 2.45) is 0 Å². The normalized spacial score (nSPS) is 12.2. The molecule has 0 radical (unpaired) electrons. The van der Waals surface area contributed by atoms with Crippen LogP contribution in [0.2, 0.25) is 0 Å². The van der Waals surface area contributed by atoms with Crippen molar-refractivity contribution < 1.29 is 22.7 Å². The monoisotopic (exact) mass is 284 g/mol. The highest BCUT2D eigenvalue weighted by Crippen LogP contribution is 2.19. The van der Waals surface area contributed by atoms with Gasteiger partial charge in [-0.3, -0.25) is 0 Å². The van der Waals surface area contributed by atoms with Crippen LogP contribution in [0.25, 0.3) is 6.08 Å². The first-order valence-electron chi connectivity index (χ1n) is 6.09. The van der Waals surface area contributed by atoms with E-state index >= 15 is 0 Å². The summed E-state index contributed by atoms with van der Waals surface area (Å²) >= 11 is 0. The molecular formula is C15H15F3O2. The molecule has 0 amide bonds. The van der Waals surface area contributed by atoms with Crippen molar-refractivity contribution in [3.05, 3.63) is 53.6 Å². The predicted octanol–water partition coefficient (Wildman–Crippen LogP) is 4.39. The van der Waals surface area contributed by atoms with Gasteiger partial charge in [0.25, 0.3) is 0 Å². The lowest BCUT2D eigenvalue weighted by molar-refractivity contribution is -0.125. The SMILES string of the molecule is CCOC(=O)c1cccc(C=CC=CCC(F)(F)F)c1. The second-order valence-electron chi connectivity index (χ2n) is 3.95. The van der Waals surface area contributed by atoms with Gasteiger partial charge in [0.2, 0.25) is 0 Å². The number of alkyl halides is 3. The van der Waals surface area contributed by atoms with Gasteiger partial charge in [-0.05, 0) is 24.6 Å². The molecule has 0 N–H and O–H groups in total. The van der Waals surface area contributed by atoms with Gasteiger partial charge in [-0.1, -0.05) is 36.4 Å². The van der Waals surface area contributed by atoms with E-state index in [4.69, 9.17) is 4.74 Å². The summed E-state index contributed by atoms with van der Waals surface area (Å²) in [5.41, 5.74) is 1.13. The van der Waals surface area contributed by atoms with E-state index < -0.39 is 18.6 Å². The third kappa shape index (κ3) is 6.22. The number of rotatable bonds is 5. The number of ether oxygens (including phenoxy) is 1. The van der Waals surface area contributed by atoms with Crippen LogP contribution < -0.4 is 0 Å². The third-order valence-corrected chi connectivity index (χ3v) is 2.28. The molecule has 0 aliphatic heterocycles. The molecule has 108 valence electrons. The Morgan fingerprint density at radius 2 is 2.05 bits per heavy atom. The lowest BCUT2D eigenvalue weighted by Crippen LogP contribution is -2.04. The fourth-order valence-electron chi connectivity index (χ4n) is 1.43. The molecular weight excluding hydrogens is 269 g/mol. The molecule has 0 aromatic heterocycles. The standard InChI is InChI=1S/C15H15F3O2/c1-2-20-14(19)13-9-6-8-12(11-13)7-4-3-5-10-15(16,17)18/h3-9,11H,2,10H2,1H3. The highest BCUT2D eigenvalue weighted by Gasteiger charge is 2.24. The Kier molecular flexibility index (Phi) is 6.03. The summed E-state index contributed by atoms with van der Waals surface area (Å²) in [5.74, 6) is -0.421. The van der Waals surface area contributed by atoms with Crippen molar-refractivity contribution in [2.75, 3.05) is 6.61 Å². The molecule has 0 atom stereocenters. The molecule has 1 aromatic carbocycles. The lowest BCUT2D eigenvalue weighted by Gasteiger charge is -2.02. The first-order chi connectivity index (χ1) is 9.42. The van der Waals surface area contributed by atoms with Gasteiger partial charge >= 0.3 is 12.1 Å². The first-order valence-corrected chi connectivity index (χ1v) is 6.09. The minimum Gasteiger partial charge on any atom is -0.462 e. The van der Waals surface area contributed by atoms with Crippen LogP contribution in [0.5, 0.6) is 0 Å². The third-order valence-electron chi connectivity index (χ3n) is 2.28. The molecule has 0 unspecified atom stereocenters. The van der Waals surface area contributed by atoms with Crippen molar-refractivity contribution in [1.82, 2.24) is 0 Å². The summed E-state index contributed by atoms with van der Waals surface area (Å²) in [6.45, 7) is 2.01. The zero-order valence-electron chi connectivity index (χ0n) is 11.0. The van der Waals surface area contributed by atoms with Crippen LogP contribution in [-0.2, 0) is 4.74 Å².